The van der Waals surface area contributed by atoms with Crippen molar-refractivity contribution < 1.29 is 8.42 Å². The molecule has 0 amide bonds. The van der Waals surface area contributed by atoms with Gasteiger partial charge in [-0.2, -0.15) is 0 Å². The van der Waals surface area contributed by atoms with Crippen molar-refractivity contribution in [3.8, 4) is 0 Å². The highest BCUT2D eigenvalue weighted by atomic mass is 79.9. The summed E-state index contributed by atoms with van der Waals surface area (Å²) in [5.74, 6) is 0. The first-order chi connectivity index (χ1) is 8.25. The minimum absolute atomic E-state index is 0.402. The maximum absolute atomic E-state index is 12.3. The van der Waals surface area contributed by atoms with E-state index in [9.17, 15) is 8.42 Å². The summed E-state index contributed by atoms with van der Waals surface area (Å²) in [6, 6.07) is 1.71. The molecule has 1 heterocycles. The summed E-state index contributed by atoms with van der Waals surface area (Å²) in [6.07, 6.45) is 0.828. The third-order valence-electron chi connectivity index (χ3n) is 2.58. The van der Waals surface area contributed by atoms with Crippen molar-refractivity contribution in [2.75, 3.05) is 34.2 Å². The Morgan fingerprint density at radius 1 is 1.28 bits per heavy atom. The fraction of sp³-hybridized carbons (Fsp3) is 0.636. The fourth-order valence-electron chi connectivity index (χ4n) is 1.44. The molecule has 1 aromatic rings. The molecule has 0 aliphatic heterocycles. The van der Waals surface area contributed by atoms with E-state index in [-0.39, 0.29) is 0 Å². The van der Waals surface area contributed by atoms with Gasteiger partial charge in [-0.05, 0) is 61.5 Å². The molecule has 0 saturated heterocycles. The lowest BCUT2D eigenvalue weighted by atomic mass is 10.4. The molecule has 4 nitrogen and oxygen atoms in total. The second kappa shape index (κ2) is 6.47. The Bertz CT molecular complexity index is 478. The number of hydrogen-bond acceptors (Lipinski definition) is 4. The Labute approximate surface area is 122 Å². The molecule has 0 unspecified atom stereocenters. The number of rotatable bonds is 6. The van der Waals surface area contributed by atoms with Gasteiger partial charge in [-0.1, -0.05) is 0 Å². The summed E-state index contributed by atoms with van der Waals surface area (Å²) in [4.78, 5) is 2.05. The average Bonchev–Trinajstić information content (AvgIpc) is 2.59. The number of thiophene rings is 1. The summed E-state index contributed by atoms with van der Waals surface area (Å²) in [5, 5.41) is 0. The minimum atomic E-state index is -3.34. The Morgan fingerprint density at radius 2 is 1.89 bits per heavy atom. The van der Waals surface area contributed by atoms with Gasteiger partial charge in [0.15, 0.2) is 0 Å². The third-order valence-corrected chi connectivity index (χ3v) is 7.02. The largest absolute Gasteiger partial charge is 0.309 e. The lowest BCUT2D eigenvalue weighted by Crippen LogP contribution is -2.29. The van der Waals surface area contributed by atoms with Crippen molar-refractivity contribution in [3.05, 3.63) is 15.4 Å². The van der Waals surface area contributed by atoms with Crippen LogP contribution in [0.5, 0.6) is 0 Å². The molecule has 0 aliphatic rings. The maximum atomic E-state index is 12.3. The molecule has 1 rings (SSSR count). The molecule has 0 aromatic carbocycles. The SMILES string of the molecule is Cc1cc(S(=O)(=O)N(C)CCCN(C)C)sc1Br. The number of aryl methyl sites for hydroxylation is 1. The summed E-state index contributed by atoms with van der Waals surface area (Å²) < 4.78 is 27.3. The molecule has 0 fully saturated rings. The molecule has 0 atom stereocenters. The van der Waals surface area contributed by atoms with Crippen LogP contribution in [0.3, 0.4) is 0 Å². The van der Waals surface area contributed by atoms with Gasteiger partial charge >= 0.3 is 0 Å². The zero-order chi connectivity index (χ0) is 13.9. The Balaban J connectivity index is 2.74. The van der Waals surface area contributed by atoms with Gasteiger partial charge < -0.3 is 4.90 Å². The predicted molar refractivity (Wildman–Crippen MR) is 79.7 cm³/mol. The summed E-state index contributed by atoms with van der Waals surface area (Å²) in [6.45, 7) is 3.31. The molecule has 7 heteroatoms. The normalized spacial score (nSPS) is 12.6. The van der Waals surface area contributed by atoms with Crippen molar-refractivity contribution in [2.45, 2.75) is 17.6 Å². The minimum Gasteiger partial charge on any atom is -0.309 e. The Kier molecular flexibility index (Phi) is 5.79. The van der Waals surface area contributed by atoms with Crippen LogP contribution in [-0.2, 0) is 10.0 Å². The van der Waals surface area contributed by atoms with Crippen LogP contribution in [0.4, 0.5) is 0 Å². The summed E-state index contributed by atoms with van der Waals surface area (Å²) >= 11 is 4.62. The van der Waals surface area contributed by atoms with Gasteiger partial charge in [0, 0.05) is 13.6 Å². The van der Waals surface area contributed by atoms with E-state index in [0.717, 1.165) is 22.3 Å². The number of nitrogens with zero attached hydrogens (tertiary/aromatic N) is 2. The van der Waals surface area contributed by atoms with Crippen molar-refractivity contribution in [3.63, 3.8) is 0 Å². The van der Waals surface area contributed by atoms with E-state index in [1.165, 1.54) is 15.6 Å². The van der Waals surface area contributed by atoms with Gasteiger partial charge in [-0.25, -0.2) is 12.7 Å². The topological polar surface area (TPSA) is 40.6 Å². The average molecular weight is 355 g/mol. The van der Waals surface area contributed by atoms with Crippen LogP contribution >= 0.6 is 27.3 Å². The summed E-state index contributed by atoms with van der Waals surface area (Å²) in [7, 11) is 2.26. The predicted octanol–water partition coefficient (Wildman–Crippen LogP) is 2.39. The van der Waals surface area contributed by atoms with Crippen LogP contribution in [0, 0.1) is 6.92 Å². The van der Waals surface area contributed by atoms with Crippen molar-refractivity contribution >= 4 is 37.3 Å². The molecule has 0 bridgehead atoms. The van der Waals surface area contributed by atoms with E-state index in [4.69, 9.17) is 0 Å². The van der Waals surface area contributed by atoms with Gasteiger partial charge in [0.05, 0.1) is 3.79 Å². The third kappa shape index (κ3) is 4.03. The maximum Gasteiger partial charge on any atom is 0.252 e. The van der Waals surface area contributed by atoms with Gasteiger partial charge in [0.1, 0.15) is 4.21 Å². The van der Waals surface area contributed by atoms with Crippen molar-refractivity contribution in [1.29, 1.82) is 0 Å². The van der Waals surface area contributed by atoms with Crippen LogP contribution in [0.1, 0.15) is 12.0 Å². The van der Waals surface area contributed by atoms with Crippen LogP contribution in [0.25, 0.3) is 0 Å². The monoisotopic (exact) mass is 354 g/mol. The molecule has 1 aromatic heterocycles. The summed E-state index contributed by atoms with van der Waals surface area (Å²) in [5.41, 5.74) is 0.959. The molecular weight excluding hydrogens is 336 g/mol. The molecule has 0 radical (unpaired) electrons. The van der Waals surface area contributed by atoms with E-state index < -0.39 is 10.0 Å². The first-order valence-corrected chi connectivity index (χ1v) is 8.67. The van der Waals surface area contributed by atoms with Crippen LogP contribution in [0.15, 0.2) is 14.1 Å². The molecule has 0 N–H and O–H groups in total. The molecule has 0 spiro atoms. The zero-order valence-electron chi connectivity index (χ0n) is 11.1. The fourth-order valence-corrected chi connectivity index (χ4v) is 5.09. The first kappa shape index (κ1) is 16.1. The van der Waals surface area contributed by atoms with Crippen LogP contribution in [-0.4, -0.2) is 51.9 Å². The Morgan fingerprint density at radius 3 is 2.33 bits per heavy atom. The standard InChI is InChI=1S/C11H19BrN2O2S2/c1-9-8-10(17-11(9)12)18(15,16)14(4)7-5-6-13(2)3/h8H,5-7H2,1-4H3. The molecule has 104 valence electrons. The van der Waals surface area contributed by atoms with Gasteiger partial charge in [-0.15, -0.1) is 11.3 Å². The number of hydrogen-bond donors (Lipinski definition) is 0. The van der Waals surface area contributed by atoms with E-state index in [0.29, 0.717) is 10.8 Å². The molecule has 0 saturated carbocycles. The lowest BCUT2D eigenvalue weighted by molar-refractivity contribution is 0.370. The highest BCUT2D eigenvalue weighted by Crippen LogP contribution is 2.31. The second-order valence-electron chi connectivity index (χ2n) is 4.51. The second-order valence-corrected chi connectivity index (χ2v) is 9.15. The van der Waals surface area contributed by atoms with Crippen LogP contribution in [0.2, 0.25) is 0 Å². The van der Waals surface area contributed by atoms with E-state index >= 15 is 0 Å². The molecule has 18 heavy (non-hydrogen) atoms. The zero-order valence-corrected chi connectivity index (χ0v) is 14.3. The molecular formula is C11H19BrN2O2S2. The Hall–Kier alpha value is 0.0500. The first-order valence-electron chi connectivity index (χ1n) is 5.62. The smallest absolute Gasteiger partial charge is 0.252 e. The van der Waals surface area contributed by atoms with E-state index in [1.807, 2.05) is 25.9 Å². The highest BCUT2D eigenvalue weighted by molar-refractivity contribution is 9.11. The van der Waals surface area contributed by atoms with Gasteiger partial charge in [-0.3, -0.25) is 0 Å². The van der Waals surface area contributed by atoms with Gasteiger partial charge in [0.25, 0.3) is 10.0 Å². The highest BCUT2D eigenvalue weighted by Gasteiger charge is 2.23. The lowest BCUT2D eigenvalue weighted by Gasteiger charge is -2.17. The quantitative estimate of drug-likeness (QED) is 0.787. The van der Waals surface area contributed by atoms with Gasteiger partial charge in [0.2, 0.25) is 0 Å². The van der Waals surface area contributed by atoms with Crippen molar-refractivity contribution in [1.82, 2.24) is 9.21 Å². The molecule has 0 aliphatic carbocycles. The van der Waals surface area contributed by atoms with E-state index in [2.05, 4.69) is 15.9 Å². The van der Waals surface area contributed by atoms with Crippen molar-refractivity contribution in [2.24, 2.45) is 0 Å². The van der Waals surface area contributed by atoms with E-state index in [1.54, 1.807) is 13.1 Å². The van der Waals surface area contributed by atoms with Crippen LogP contribution < -0.4 is 0 Å². The number of sulfonamides is 1. The number of halogens is 1.